The lowest BCUT2D eigenvalue weighted by molar-refractivity contribution is 0.529. The second kappa shape index (κ2) is 5.02. The molecule has 0 saturated heterocycles. The van der Waals surface area contributed by atoms with Gasteiger partial charge < -0.3 is 10.2 Å². The summed E-state index contributed by atoms with van der Waals surface area (Å²) in [6.45, 7) is 6.22. The zero-order chi connectivity index (χ0) is 13.2. The Bertz CT molecular complexity index is 518. The van der Waals surface area contributed by atoms with Crippen LogP contribution in [0.4, 0.5) is 5.82 Å². The smallest absolute Gasteiger partial charge is 0.137 e. The highest BCUT2D eigenvalue weighted by molar-refractivity contribution is 7.98. The molecule has 0 aliphatic carbocycles. The summed E-state index contributed by atoms with van der Waals surface area (Å²) >= 11 is 1.60. The molecule has 96 valence electrons. The van der Waals surface area contributed by atoms with Crippen LogP contribution in [0.5, 0.6) is 0 Å². The Morgan fingerprint density at radius 1 is 1.33 bits per heavy atom. The van der Waals surface area contributed by atoms with Gasteiger partial charge in [0, 0.05) is 11.5 Å². The van der Waals surface area contributed by atoms with Crippen LogP contribution in [0, 0.1) is 0 Å². The van der Waals surface area contributed by atoms with Gasteiger partial charge in [-0.15, -0.1) is 0 Å². The molecule has 4 nitrogen and oxygen atoms in total. The van der Waals surface area contributed by atoms with Crippen molar-refractivity contribution in [3.63, 3.8) is 0 Å². The third kappa shape index (κ3) is 3.26. The maximum Gasteiger partial charge on any atom is 0.137 e. The van der Waals surface area contributed by atoms with Gasteiger partial charge in [0.15, 0.2) is 0 Å². The number of rotatable bonds is 3. The summed E-state index contributed by atoms with van der Waals surface area (Å²) in [6, 6.07) is 5.62. The first-order chi connectivity index (χ1) is 8.45. The average molecular weight is 263 g/mol. The van der Waals surface area contributed by atoms with Gasteiger partial charge in [0.2, 0.25) is 0 Å². The molecule has 18 heavy (non-hydrogen) atoms. The summed E-state index contributed by atoms with van der Waals surface area (Å²) in [5.41, 5.74) is 5.72. The van der Waals surface area contributed by atoms with Crippen molar-refractivity contribution in [3.05, 3.63) is 36.0 Å². The van der Waals surface area contributed by atoms with E-state index in [2.05, 4.69) is 30.7 Å². The second-order valence-corrected chi connectivity index (χ2v) is 6.07. The van der Waals surface area contributed by atoms with E-state index in [1.807, 2.05) is 12.1 Å². The molecule has 0 unspecified atom stereocenters. The van der Waals surface area contributed by atoms with Crippen LogP contribution in [0.15, 0.2) is 33.9 Å². The molecule has 0 aliphatic rings. The molecule has 2 aromatic heterocycles. The lowest BCUT2D eigenvalue weighted by atomic mass is 9.96. The van der Waals surface area contributed by atoms with Gasteiger partial charge in [0.05, 0.1) is 12.0 Å². The largest absolute Gasteiger partial charge is 0.468 e. The molecule has 0 radical (unpaired) electrons. The van der Waals surface area contributed by atoms with E-state index in [1.165, 1.54) is 0 Å². The van der Waals surface area contributed by atoms with Crippen molar-refractivity contribution in [2.24, 2.45) is 0 Å². The van der Waals surface area contributed by atoms with E-state index in [-0.39, 0.29) is 5.41 Å². The van der Waals surface area contributed by atoms with Gasteiger partial charge in [-0.05, 0) is 12.1 Å². The molecular weight excluding hydrogens is 246 g/mol. The van der Waals surface area contributed by atoms with E-state index in [4.69, 9.17) is 10.2 Å². The van der Waals surface area contributed by atoms with Crippen LogP contribution >= 0.6 is 11.8 Å². The zero-order valence-corrected chi connectivity index (χ0v) is 11.6. The molecule has 2 rings (SSSR count). The number of hydrogen-bond donors (Lipinski definition) is 1. The Kier molecular flexibility index (Phi) is 3.61. The van der Waals surface area contributed by atoms with Gasteiger partial charge in [-0.1, -0.05) is 32.5 Å². The number of aromatic nitrogens is 2. The Morgan fingerprint density at radius 2 is 2.11 bits per heavy atom. The molecule has 0 fully saturated rings. The van der Waals surface area contributed by atoms with Crippen LogP contribution < -0.4 is 5.73 Å². The fourth-order valence-corrected chi connectivity index (χ4v) is 2.20. The number of furan rings is 1. The topological polar surface area (TPSA) is 64.9 Å². The van der Waals surface area contributed by atoms with Crippen molar-refractivity contribution in [3.8, 4) is 0 Å². The molecule has 0 amide bonds. The van der Waals surface area contributed by atoms with E-state index >= 15 is 0 Å². The fourth-order valence-electron chi connectivity index (χ4n) is 1.39. The Labute approximate surface area is 111 Å². The van der Waals surface area contributed by atoms with Gasteiger partial charge in [-0.3, -0.25) is 0 Å². The van der Waals surface area contributed by atoms with E-state index in [0.29, 0.717) is 5.82 Å². The molecule has 0 aromatic carbocycles. The average Bonchev–Trinajstić information content (AvgIpc) is 2.77. The molecule has 0 aliphatic heterocycles. The summed E-state index contributed by atoms with van der Waals surface area (Å²) in [6.07, 6.45) is 1.67. The standard InChI is InChI=1S/C13H17N3OS/c1-13(2,3)12-15-10(14)7-11(16-12)18-8-9-5-4-6-17-9/h4-7H,8H2,1-3H3,(H2,14,15,16). The van der Waals surface area contributed by atoms with Crippen molar-refractivity contribution < 1.29 is 4.42 Å². The van der Waals surface area contributed by atoms with Crippen molar-refractivity contribution in [1.82, 2.24) is 9.97 Å². The molecule has 2 N–H and O–H groups in total. The number of nitrogens with two attached hydrogens (primary N) is 1. The van der Waals surface area contributed by atoms with Gasteiger partial charge in [-0.2, -0.15) is 0 Å². The highest BCUT2D eigenvalue weighted by Crippen LogP contribution is 2.26. The molecule has 2 aromatic rings. The minimum absolute atomic E-state index is 0.102. The van der Waals surface area contributed by atoms with Crippen LogP contribution in [0.1, 0.15) is 32.4 Å². The van der Waals surface area contributed by atoms with Crippen molar-refractivity contribution in [1.29, 1.82) is 0 Å². The third-order valence-corrected chi connectivity index (χ3v) is 3.27. The molecule has 0 saturated carbocycles. The molecule has 5 heteroatoms. The molecule has 0 bridgehead atoms. The third-order valence-electron chi connectivity index (χ3n) is 2.34. The lowest BCUT2D eigenvalue weighted by Gasteiger charge is -2.17. The van der Waals surface area contributed by atoms with Crippen LogP contribution in [-0.2, 0) is 11.2 Å². The highest BCUT2D eigenvalue weighted by atomic mass is 32.2. The predicted octanol–water partition coefficient (Wildman–Crippen LogP) is 3.24. The predicted molar refractivity (Wildman–Crippen MR) is 73.4 cm³/mol. The lowest BCUT2D eigenvalue weighted by Crippen LogP contribution is -2.17. The summed E-state index contributed by atoms with van der Waals surface area (Å²) in [5.74, 6) is 2.95. The Hall–Kier alpha value is -1.49. The first-order valence-corrected chi connectivity index (χ1v) is 6.74. The number of nitrogen functional groups attached to an aromatic ring is 1. The first kappa shape index (κ1) is 13.0. The molecular formula is C13H17N3OS. The quantitative estimate of drug-likeness (QED) is 0.680. The van der Waals surface area contributed by atoms with Crippen molar-refractivity contribution in [2.75, 3.05) is 5.73 Å². The normalized spacial score (nSPS) is 11.7. The minimum atomic E-state index is -0.102. The van der Waals surface area contributed by atoms with Crippen molar-refractivity contribution in [2.45, 2.75) is 37.0 Å². The second-order valence-electron chi connectivity index (χ2n) is 5.07. The van der Waals surface area contributed by atoms with Gasteiger partial charge >= 0.3 is 0 Å². The number of thioether (sulfide) groups is 1. The maximum atomic E-state index is 5.82. The van der Waals surface area contributed by atoms with E-state index in [0.717, 1.165) is 22.4 Å². The zero-order valence-electron chi connectivity index (χ0n) is 10.8. The van der Waals surface area contributed by atoms with E-state index in [1.54, 1.807) is 24.1 Å². The Balaban J connectivity index is 2.15. The van der Waals surface area contributed by atoms with Crippen LogP contribution in [0.3, 0.4) is 0 Å². The number of nitrogens with zero attached hydrogens (tertiary/aromatic N) is 2. The van der Waals surface area contributed by atoms with Gasteiger partial charge in [0.1, 0.15) is 22.4 Å². The molecule has 0 atom stereocenters. The monoisotopic (exact) mass is 263 g/mol. The van der Waals surface area contributed by atoms with E-state index < -0.39 is 0 Å². The SMILES string of the molecule is CC(C)(C)c1nc(N)cc(SCc2ccco2)n1. The van der Waals surface area contributed by atoms with E-state index in [9.17, 15) is 0 Å². The fraction of sp³-hybridized carbons (Fsp3) is 0.385. The number of anilines is 1. The minimum Gasteiger partial charge on any atom is -0.468 e. The summed E-state index contributed by atoms with van der Waals surface area (Å²) in [4.78, 5) is 8.81. The van der Waals surface area contributed by atoms with Crippen LogP contribution in [0.25, 0.3) is 0 Å². The summed E-state index contributed by atoms with van der Waals surface area (Å²) in [7, 11) is 0. The summed E-state index contributed by atoms with van der Waals surface area (Å²) in [5, 5.41) is 0.879. The van der Waals surface area contributed by atoms with Gasteiger partial charge in [0.25, 0.3) is 0 Å². The first-order valence-electron chi connectivity index (χ1n) is 5.75. The highest BCUT2D eigenvalue weighted by Gasteiger charge is 2.18. The number of hydrogen-bond acceptors (Lipinski definition) is 5. The summed E-state index contributed by atoms with van der Waals surface area (Å²) < 4.78 is 5.29. The Morgan fingerprint density at radius 3 is 2.72 bits per heavy atom. The van der Waals surface area contributed by atoms with Gasteiger partial charge in [-0.25, -0.2) is 9.97 Å². The molecule has 0 spiro atoms. The molecule has 2 heterocycles. The van der Waals surface area contributed by atoms with Crippen LogP contribution in [0.2, 0.25) is 0 Å². The maximum absolute atomic E-state index is 5.82. The van der Waals surface area contributed by atoms with Crippen molar-refractivity contribution >= 4 is 17.6 Å². The van der Waals surface area contributed by atoms with Crippen LogP contribution in [-0.4, -0.2) is 9.97 Å².